The van der Waals surface area contributed by atoms with E-state index in [-0.39, 0.29) is 11.6 Å². The first-order valence-corrected chi connectivity index (χ1v) is 13.9. The van der Waals surface area contributed by atoms with Gasteiger partial charge in [-0.1, -0.05) is 38.5 Å². The lowest BCUT2D eigenvalue weighted by molar-refractivity contribution is -0.0966. The average molecular weight is 474 g/mol. The Morgan fingerprint density at radius 1 is 0.853 bits per heavy atom. The van der Waals surface area contributed by atoms with Gasteiger partial charge in [-0.25, -0.2) is 4.98 Å². The topological polar surface area (TPSA) is 67.7 Å². The van der Waals surface area contributed by atoms with Crippen LogP contribution in [0, 0.1) is 23.2 Å². The monoisotopic (exact) mass is 473 g/mol. The number of nitrogens with zero attached hydrogens (tertiary/aromatic N) is 3. The molecule has 1 heterocycles. The third kappa shape index (κ3) is 6.56. The Kier molecular flexibility index (Phi) is 8.95. The van der Waals surface area contributed by atoms with E-state index in [0.29, 0.717) is 17.1 Å². The van der Waals surface area contributed by atoms with Gasteiger partial charge in [0.2, 0.25) is 11.7 Å². The number of ether oxygens (including phenoxy) is 2. The van der Waals surface area contributed by atoms with E-state index in [9.17, 15) is 5.11 Å². The zero-order valence-corrected chi connectivity index (χ0v) is 21.9. The second-order valence-corrected chi connectivity index (χ2v) is 11.8. The maximum absolute atomic E-state index is 10.3. The van der Waals surface area contributed by atoms with Gasteiger partial charge in [0, 0.05) is 20.7 Å². The molecule has 4 aliphatic carbocycles. The maximum Gasteiger partial charge on any atom is 0.261 e. The van der Waals surface area contributed by atoms with E-state index >= 15 is 0 Å². The molecule has 6 nitrogen and oxygen atoms in total. The van der Waals surface area contributed by atoms with Gasteiger partial charge in [-0.2, -0.15) is 4.98 Å². The number of hydrogen-bond donors (Lipinski definition) is 1. The Balaban J connectivity index is 1.01. The van der Waals surface area contributed by atoms with Crippen LogP contribution in [0.15, 0.2) is 0 Å². The van der Waals surface area contributed by atoms with Crippen molar-refractivity contribution < 1.29 is 14.6 Å². The fourth-order valence-electron chi connectivity index (χ4n) is 7.30. The van der Waals surface area contributed by atoms with Crippen LogP contribution in [0.2, 0.25) is 0 Å². The van der Waals surface area contributed by atoms with E-state index < -0.39 is 0 Å². The van der Waals surface area contributed by atoms with Crippen LogP contribution < -0.4 is 9.64 Å². The maximum atomic E-state index is 10.3. The Morgan fingerprint density at radius 3 is 1.97 bits per heavy atom. The lowest BCUT2D eigenvalue weighted by atomic mass is 9.50. The summed E-state index contributed by atoms with van der Waals surface area (Å²) in [5.74, 6) is 4.00. The Morgan fingerprint density at radius 2 is 1.41 bits per heavy atom. The van der Waals surface area contributed by atoms with Crippen LogP contribution >= 0.6 is 0 Å². The fourth-order valence-corrected chi connectivity index (χ4v) is 7.30. The molecule has 1 aromatic heterocycles. The van der Waals surface area contributed by atoms with Gasteiger partial charge in [0.15, 0.2) is 0 Å². The van der Waals surface area contributed by atoms with Crippen molar-refractivity contribution in [1.82, 2.24) is 9.97 Å². The summed E-state index contributed by atoms with van der Waals surface area (Å²) in [6.45, 7) is 2.00. The summed E-state index contributed by atoms with van der Waals surface area (Å²) in [6, 6.07) is 0. The minimum absolute atomic E-state index is 0.0820. The first-order valence-electron chi connectivity index (χ1n) is 13.9. The lowest BCUT2D eigenvalue weighted by Gasteiger charge is -2.56. The molecule has 4 saturated carbocycles. The third-order valence-corrected chi connectivity index (χ3v) is 8.53. The molecule has 4 fully saturated rings. The Labute approximate surface area is 206 Å². The van der Waals surface area contributed by atoms with Crippen molar-refractivity contribution in [3.63, 3.8) is 0 Å². The molecule has 0 saturated heterocycles. The number of aromatic nitrogens is 2. The number of aromatic hydroxyl groups is 1. The highest BCUT2D eigenvalue weighted by molar-refractivity contribution is 5.43. The van der Waals surface area contributed by atoms with Gasteiger partial charge in [0.1, 0.15) is 0 Å². The van der Waals surface area contributed by atoms with E-state index in [0.717, 1.165) is 50.2 Å². The molecular weight excluding hydrogens is 426 g/mol. The normalized spacial score (nSPS) is 27.3. The molecule has 0 aliphatic heterocycles. The molecule has 5 rings (SSSR count). The number of methoxy groups -OCH3 is 1. The number of anilines is 1. The van der Waals surface area contributed by atoms with Crippen molar-refractivity contribution in [3.05, 3.63) is 5.69 Å². The van der Waals surface area contributed by atoms with Gasteiger partial charge in [0.05, 0.1) is 19.4 Å². The predicted molar refractivity (Wildman–Crippen MR) is 137 cm³/mol. The summed E-state index contributed by atoms with van der Waals surface area (Å²) in [5, 5.41) is 10.3. The summed E-state index contributed by atoms with van der Waals surface area (Å²) >= 11 is 0. The van der Waals surface area contributed by atoms with Crippen LogP contribution in [0.3, 0.4) is 0 Å². The first kappa shape index (κ1) is 25.5. The second kappa shape index (κ2) is 11.9. The summed E-state index contributed by atoms with van der Waals surface area (Å²) in [7, 11) is 5.32. The molecule has 0 radical (unpaired) electrons. The Bertz CT molecular complexity index is 747. The molecular formula is C28H47N3O3. The van der Waals surface area contributed by atoms with Gasteiger partial charge in [-0.3, -0.25) is 0 Å². The van der Waals surface area contributed by atoms with Gasteiger partial charge in [0.25, 0.3) is 5.88 Å². The highest BCUT2D eigenvalue weighted by Gasteiger charge is 2.50. The number of aryl methyl sites for hydroxylation is 1. The molecule has 1 aromatic rings. The van der Waals surface area contributed by atoms with Gasteiger partial charge < -0.3 is 19.5 Å². The highest BCUT2D eigenvalue weighted by atomic mass is 16.5. The largest absolute Gasteiger partial charge is 0.502 e. The van der Waals surface area contributed by atoms with Crippen molar-refractivity contribution in [2.45, 2.75) is 96.3 Å². The molecule has 0 atom stereocenters. The van der Waals surface area contributed by atoms with E-state index in [2.05, 4.69) is 9.97 Å². The highest BCUT2D eigenvalue weighted by Crippen LogP contribution is 2.60. The van der Waals surface area contributed by atoms with Crippen molar-refractivity contribution in [3.8, 4) is 11.6 Å². The smallest absolute Gasteiger partial charge is 0.261 e. The van der Waals surface area contributed by atoms with Crippen LogP contribution in [0.25, 0.3) is 0 Å². The van der Waals surface area contributed by atoms with E-state index in [1.807, 2.05) is 19.0 Å². The molecule has 0 amide bonds. The minimum Gasteiger partial charge on any atom is -0.502 e. The number of rotatable bonds is 15. The Hall–Kier alpha value is -1.56. The molecule has 1 N–H and O–H groups in total. The standard InChI is InChI=1S/C28H47N3O3/c1-31(2)27-29-24(25(32)26(30-27)33-3)12-10-8-6-4-5-7-9-11-13-34-20-28-17-21-14-22(18-28)16-23(15-21)19-28/h21-23,32H,4-20H2,1-3H3. The molecule has 0 aromatic carbocycles. The summed E-state index contributed by atoms with van der Waals surface area (Å²) in [5.41, 5.74) is 1.25. The molecule has 4 bridgehead atoms. The van der Waals surface area contributed by atoms with E-state index in [1.165, 1.54) is 84.2 Å². The summed E-state index contributed by atoms with van der Waals surface area (Å²) < 4.78 is 11.4. The van der Waals surface area contributed by atoms with Crippen molar-refractivity contribution in [2.24, 2.45) is 23.2 Å². The van der Waals surface area contributed by atoms with Crippen LogP contribution in [0.1, 0.15) is 95.6 Å². The lowest BCUT2D eigenvalue weighted by Crippen LogP contribution is -2.48. The van der Waals surface area contributed by atoms with Crippen LogP contribution in [-0.4, -0.2) is 49.5 Å². The summed E-state index contributed by atoms with van der Waals surface area (Å²) in [4.78, 5) is 10.6. The van der Waals surface area contributed by atoms with Crippen LogP contribution in [0.5, 0.6) is 11.6 Å². The van der Waals surface area contributed by atoms with Crippen molar-refractivity contribution in [1.29, 1.82) is 0 Å². The molecule has 6 heteroatoms. The zero-order valence-electron chi connectivity index (χ0n) is 21.9. The molecule has 0 spiro atoms. The molecule has 34 heavy (non-hydrogen) atoms. The number of hydrogen-bond acceptors (Lipinski definition) is 6. The SMILES string of the molecule is COc1nc(N(C)C)nc(CCCCCCCCCCOCC23CC4CC(CC(C4)C2)C3)c1O. The quantitative estimate of drug-likeness (QED) is 0.308. The fraction of sp³-hybridized carbons (Fsp3) is 0.857. The molecule has 0 unspecified atom stereocenters. The van der Waals surface area contributed by atoms with Crippen molar-refractivity contribution in [2.75, 3.05) is 39.3 Å². The number of unbranched alkanes of at least 4 members (excludes halogenated alkanes) is 7. The van der Waals surface area contributed by atoms with Crippen LogP contribution in [0.4, 0.5) is 5.95 Å². The predicted octanol–water partition coefficient (Wildman–Crippen LogP) is 6.15. The second-order valence-electron chi connectivity index (χ2n) is 11.8. The van der Waals surface area contributed by atoms with E-state index in [1.54, 1.807) is 0 Å². The third-order valence-electron chi connectivity index (χ3n) is 8.53. The molecule has 192 valence electrons. The van der Waals surface area contributed by atoms with Gasteiger partial charge in [-0.05, 0) is 81.0 Å². The average Bonchev–Trinajstić information content (AvgIpc) is 2.79. The van der Waals surface area contributed by atoms with Crippen molar-refractivity contribution >= 4 is 5.95 Å². The van der Waals surface area contributed by atoms with Crippen LogP contribution in [-0.2, 0) is 11.2 Å². The van der Waals surface area contributed by atoms with Gasteiger partial charge in [-0.15, -0.1) is 0 Å². The minimum atomic E-state index is 0.0820. The zero-order chi connectivity index (χ0) is 24.0. The molecule has 4 aliphatic rings. The van der Waals surface area contributed by atoms with Gasteiger partial charge >= 0.3 is 0 Å². The first-order chi connectivity index (χ1) is 16.5. The summed E-state index contributed by atoms with van der Waals surface area (Å²) in [6.07, 6.45) is 19.6. The van der Waals surface area contributed by atoms with E-state index in [4.69, 9.17) is 9.47 Å².